The van der Waals surface area contributed by atoms with Gasteiger partial charge in [0.1, 0.15) is 23.0 Å². The van der Waals surface area contributed by atoms with Crippen molar-refractivity contribution in [1.82, 2.24) is 41.0 Å². The second-order valence-corrected chi connectivity index (χ2v) is 32.1. The molecule has 13 rings (SSSR count). The van der Waals surface area contributed by atoms with Crippen LogP contribution in [-0.4, -0.2) is 84.0 Å². The number of rotatable bonds is 29. The summed E-state index contributed by atoms with van der Waals surface area (Å²) < 4.78 is 35.3. The van der Waals surface area contributed by atoms with Gasteiger partial charge in [-0.3, -0.25) is 19.2 Å². The first-order valence-corrected chi connectivity index (χ1v) is 40.8. The van der Waals surface area contributed by atoms with Crippen LogP contribution in [-0.2, 0) is 41.3 Å². The van der Waals surface area contributed by atoms with Crippen molar-refractivity contribution in [2.75, 3.05) is 40.6 Å². The van der Waals surface area contributed by atoms with Crippen LogP contribution in [0.25, 0.3) is 22.4 Å². The largest absolute Gasteiger partial charge is 0.494 e. The van der Waals surface area contributed by atoms with Gasteiger partial charge in [0.25, 0.3) is 0 Å². The van der Waals surface area contributed by atoms with E-state index in [2.05, 4.69) is 116 Å². The van der Waals surface area contributed by atoms with Crippen LogP contribution in [0, 0.1) is 6.92 Å². The first-order chi connectivity index (χ1) is 53.9. The minimum Gasteiger partial charge on any atom is -0.494 e. The van der Waals surface area contributed by atoms with Crippen LogP contribution < -0.4 is 49.7 Å². The van der Waals surface area contributed by atoms with Gasteiger partial charge in [0.15, 0.2) is 0 Å². The predicted molar refractivity (Wildman–Crippen MR) is 455 cm³/mol. The Balaban J connectivity index is 0.000000172. The molecule has 1 aliphatic carbocycles. The van der Waals surface area contributed by atoms with Gasteiger partial charge < -0.3 is 49.7 Å². The van der Waals surface area contributed by atoms with E-state index in [4.69, 9.17) is 28.4 Å². The second-order valence-electron chi connectivity index (χ2n) is 31.0. The zero-order chi connectivity index (χ0) is 80.2. The highest BCUT2D eigenvalue weighted by Crippen LogP contribution is 2.48. The molecule has 0 saturated heterocycles. The SMILES string of the molecule is C.CCCCCCOc1ccc(C2(C)CC(c3ccc(OC)nc3)=C(C)C(=O)N2)cc1.CCCCOc1ccc(C2(C)CC(c3ccc(C4CC4)s3)=C(C)C(=O)N2)cc1.CCCCOc1ccc(C2(C)CC(c3ccc(OC)nc3)=C(C)C(=O)N2)cc1.CCCCOc1ccc(C2(C)CC(n3cc(C)cn3)=C(C)C(=O)N2)cc1. The number of carbonyl (C=O) groups is 4. The maximum absolute atomic E-state index is 12.8. The summed E-state index contributed by atoms with van der Waals surface area (Å²) in [4.78, 5) is 62.1. The number of aryl methyl sites for hydroxylation is 1. The van der Waals surface area contributed by atoms with Gasteiger partial charge in [0.05, 0.1) is 74.7 Å². The smallest absolute Gasteiger partial charge is 0.249 e. The lowest BCUT2D eigenvalue weighted by Gasteiger charge is -2.37. The molecule has 4 N–H and O–H groups in total. The van der Waals surface area contributed by atoms with Gasteiger partial charge in [0, 0.05) is 88.5 Å². The normalized spacial score (nSPS) is 20.0. The van der Waals surface area contributed by atoms with E-state index >= 15 is 0 Å². The third-order valence-corrected chi connectivity index (χ3v) is 23.1. The van der Waals surface area contributed by atoms with E-state index in [0.29, 0.717) is 36.6 Å². The Morgan fingerprint density at radius 2 is 0.770 bits per heavy atom. The Labute approximate surface area is 675 Å². The molecular weight excluding hydrogens is 1430 g/mol. The number of thiophene rings is 1. The van der Waals surface area contributed by atoms with Gasteiger partial charge in [-0.05, 0) is 235 Å². The predicted octanol–water partition coefficient (Wildman–Crippen LogP) is 20.4. The highest BCUT2D eigenvalue weighted by atomic mass is 32.1. The number of amides is 4. The number of nitrogens with zero attached hydrogens (tertiary/aromatic N) is 4. The summed E-state index contributed by atoms with van der Waals surface area (Å²) in [6.45, 7) is 29.4. The highest BCUT2D eigenvalue weighted by molar-refractivity contribution is 7.13. The summed E-state index contributed by atoms with van der Waals surface area (Å²) in [5, 5.41) is 17.2. The molecule has 18 nitrogen and oxygen atoms in total. The minimum absolute atomic E-state index is 0. The number of pyridine rings is 2. The van der Waals surface area contributed by atoms with Crippen molar-refractivity contribution in [3.8, 4) is 34.8 Å². The Hall–Kier alpha value is -10.3. The summed E-state index contributed by atoms with van der Waals surface area (Å²) in [5.74, 6) is 5.23. The van der Waals surface area contributed by atoms with Crippen molar-refractivity contribution >= 4 is 57.4 Å². The molecule has 8 heterocycles. The summed E-state index contributed by atoms with van der Waals surface area (Å²) >= 11 is 1.87. The van der Waals surface area contributed by atoms with Gasteiger partial charge in [0.2, 0.25) is 35.4 Å². The van der Waals surface area contributed by atoms with Crippen molar-refractivity contribution < 1.29 is 47.6 Å². The molecule has 0 spiro atoms. The Bertz CT molecular complexity index is 4630. The number of hydrogen-bond acceptors (Lipinski definition) is 14. The molecule has 8 aromatic rings. The van der Waals surface area contributed by atoms with Crippen molar-refractivity contribution in [3.63, 3.8) is 0 Å². The summed E-state index contributed by atoms with van der Waals surface area (Å²) in [5.41, 5.74) is 12.5. The topological polar surface area (TPSA) is 215 Å². The lowest BCUT2D eigenvalue weighted by Crippen LogP contribution is -2.48. The number of nitrogens with one attached hydrogen (secondary N) is 4. The molecule has 4 aromatic carbocycles. The molecule has 5 aliphatic rings. The quantitative estimate of drug-likeness (QED) is 0.0321. The number of ether oxygens (including phenoxy) is 6. The van der Waals surface area contributed by atoms with Crippen LogP contribution in [0.2, 0.25) is 0 Å². The molecule has 4 amide bonds. The van der Waals surface area contributed by atoms with Crippen molar-refractivity contribution in [3.05, 3.63) is 229 Å². The standard InChI is InChI=1S/C25H32N2O3.C24H29NO2S.C23H28N2O3.C21H27N3O2.CH4/c1-5-6-7-8-15-30-21-12-10-20(11-13-21)25(3)16-22(18(2)24(28)27-25)19-9-14-23(29-4)26-17-19;1-4-5-14-27-19-10-8-18(9-11-19)24(3)15-20(16(2)23(26)25-24)22-13-12-21(28-22)17-6-7-17;1-5-6-13-28-19-10-8-18(9-11-19)23(3)14-20(16(2)22(26)25-23)17-7-12-21(27-4)24-15-17;1-5-6-11-26-18-9-7-17(8-10-18)21(4)12-19(16(3)20(25)23-21)24-14-15(2)13-22-24;/h9-14,17H,5-8,15-16H2,1-4H3,(H,27,28);8-13,17H,4-7,14-15H2,1-3H3,(H,25,26);7-12,15H,5-6,13-14H2,1-4H3,(H,25,26);7-10,13-14H,5-6,11-12H2,1-4H3,(H,23,25);1H4. The molecule has 4 unspecified atom stereocenters. The van der Waals surface area contributed by atoms with Crippen LogP contribution in [0.15, 0.2) is 181 Å². The molecule has 1 saturated carbocycles. The average Bonchev–Trinajstić information content (AvgIpc) is 1.30. The van der Waals surface area contributed by atoms with E-state index in [9.17, 15) is 19.2 Å². The Morgan fingerprint density at radius 1 is 0.416 bits per heavy atom. The molecule has 113 heavy (non-hydrogen) atoms. The lowest BCUT2D eigenvalue weighted by molar-refractivity contribution is -0.120. The van der Waals surface area contributed by atoms with Gasteiger partial charge in [-0.2, -0.15) is 5.10 Å². The molecule has 4 aromatic heterocycles. The molecule has 1 fully saturated rings. The fourth-order valence-electron chi connectivity index (χ4n) is 14.3. The third kappa shape index (κ3) is 22.4. The maximum atomic E-state index is 12.8. The lowest BCUT2D eigenvalue weighted by atomic mass is 9.79. The highest BCUT2D eigenvalue weighted by Gasteiger charge is 2.41. The van der Waals surface area contributed by atoms with Crippen LogP contribution in [0.5, 0.6) is 34.8 Å². The molecule has 0 radical (unpaired) electrons. The molecule has 19 heteroatoms. The number of hydrogen-bond donors (Lipinski definition) is 4. The average molecular weight is 1550 g/mol. The van der Waals surface area contributed by atoms with E-state index in [1.807, 2.05) is 172 Å². The Morgan fingerprint density at radius 3 is 1.11 bits per heavy atom. The third-order valence-electron chi connectivity index (χ3n) is 21.8. The van der Waals surface area contributed by atoms with Crippen LogP contribution in [0.3, 0.4) is 0 Å². The molecular formula is C94H120N8O10S. The monoisotopic (exact) mass is 1550 g/mol. The zero-order valence-corrected chi connectivity index (χ0v) is 69.3. The molecule has 4 atom stereocenters. The number of aromatic nitrogens is 4. The summed E-state index contributed by atoms with van der Waals surface area (Å²) in [6.07, 6.45) is 24.0. The van der Waals surface area contributed by atoms with E-state index < -0.39 is 22.2 Å². The van der Waals surface area contributed by atoms with Crippen molar-refractivity contribution in [1.29, 1.82) is 0 Å². The van der Waals surface area contributed by atoms with Gasteiger partial charge in [-0.15, -0.1) is 11.3 Å². The molecule has 4 aliphatic heterocycles. The van der Waals surface area contributed by atoms with E-state index in [-0.39, 0.29) is 31.1 Å². The van der Waals surface area contributed by atoms with Gasteiger partial charge in [-0.25, -0.2) is 14.6 Å². The maximum Gasteiger partial charge on any atom is 0.249 e. The Kier molecular flexibility index (Phi) is 30.7. The van der Waals surface area contributed by atoms with Gasteiger partial charge in [-0.1, -0.05) is 122 Å². The fraction of sp³-hybridized carbons (Fsp3) is 0.436. The number of methoxy groups -OCH3 is 2. The minimum atomic E-state index is -0.495. The summed E-state index contributed by atoms with van der Waals surface area (Å²) in [7, 11) is 3.18. The first kappa shape index (κ1) is 86.7. The molecule has 0 bridgehead atoms. The van der Waals surface area contributed by atoms with E-state index in [1.165, 1.54) is 47.4 Å². The van der Waals surface area contributed by atoms with Crippen LogP contribution in [0.1, 0.15) is 248 Å². The van der Waals surface area contributed by atoms with E-state index in [0.717, 1.165) is 179 Å². The zero-order valence-electron chi connectivity index (χ0n) is 68.5. The van der Waals surface area contributed by atoms with Crippen molar-refractivity contribution in [2.45, 2.75) is 228 Å². The van der Waals surface area contributed by atoms with Gasteiger partial charge >= 0.3 is 0 Å². The summed E-state index contributed by atoms with van der Waals surface area (Å²) in [6, 6.07) is 44.4. The van der Waals surface area contributed by atoms with Crippen LogP contribution >= 0.6 is 11.3 Å². The number of carbonyl (C=O) groups excluding carboxylic acids is 4. The van der Waals surface area contributed by atoms with Crippen LogP contribution in [0.4, 0.5) is 0 Å². The second kappa shape index (κ2) is 40.0. The first-order valence-electron chi connectivity index (χ1n) is 40.0. The fourth-order valence-corrected chi connectivity index (χ4v) is 15.6. The van der Waals surface area contributed by atoms with E-state index in [1.54, 1.807) is 26.6 Å². The number of unbranched alkanes of at least 4 members (excludes halogenated alkanes) is 6. The number of benzene rings is 4. The van der Waals surface area contributed by atoms with Crippen molar-refractivity contribution in [2.24, 2.45) is 0 Å². The molecule has 602 valence electrons.